The summed E-state index contributed by atoms with van der Waals surface area (Å²) in [7, 11) is 0. The van der Waals surface area contributed by atoms with Gasteiger partial charge in [-0.2, -0.15) is 0 Å². The second kappa shape index (κ2) is 3.44. The van der Waals surface area contributed by atoms with Crippen LogP contribution in [-0.2, 0) is 5.11 Å². The molecule has 0 fully saturated rings. The van der Waals surface area contributed by atoms with E-state index in [9.17, 15) is 9.90 Å². The number of amides is 1. The summed E-state index contributed by atoms with van der Waals surface area (Å²) in [4.78, 5) is 10.1. The Bertz CT molecular complexity index is 119. The summed E-state index contributed by atoms with van der Waals surface area (Å²) in [6.45, 7) is 5.75. The predicted octanol–water partition coefficient (Wildman–Crippen LogP) is 1.71. The van der Waals surface area contributed by atoms with Crippen molar-refractivity contribution in [2.45, 2.75) is 39.2 Å². The van der Waals surface area contributed by atoms with Crippen molar-refractivity contribution in [1.29, 1.82) is 0 Å². The molecule has 0 atom stereocenters. The van der Waals surface area contributed by atoms with Crippen molar-refractivity contribution >= 4 is 6.09 Å². The van der Waals surface area contributed by atoms with E-state index in [-0.39, 0.29) is 5.54 Å². The maximum Gasteiger partial charge on any atom is 0.451 e. The molecule has 0 aliphatic heterocycles. The molecule has 0 aromatic carbocycles. The van der Waals surface area contributed by atoms with E-state index >= 15 is 0 Å². The third-order valence-corrected chi connectivity index (χ3v) is 1.96. The Kier molecular flexibility index (Phi) is 3.19. The fourth-order valence-corrected chi connectivity index (χ4v) is 0.673. The first-order valence-corrected chi connectivity index (χ1v) is 3.53. The first-order chi connectivity index (χ1) is 4.54. The van der Waals surface area contributed by atoms with Gasteiger partial charge in [0.15, 0.2) is 0 Å². The van der Waals surface area contributed by atoms with Crippen LogP contribution in [0.25, 0.3) is 0 Å². The number of rotatable bonds is 3. The Balaban J connectivity index is 3.92. The summed E-state index contributed by atoms with van der Waals surface area (Å²) in [5, 5.41) is 12.5. The van der Waals surface area contributed by atoms with Crippen molar-refractivity contribution < 1.29 is 9.90 Å². The van der Waals surface area contributed by atoms with Crippen molar-refractivity contribution in [3.05, 3.63) is 0 Å². The van der Waals surface area contributed by atoms with Gasteiger partial charge >= 0.3 is 6.09 Å². The van der Waals surface area contributed by atoms with Crippen molar-refractivity contribution in [2.75, 3.05) is 0 Å². The normalized spacial score (nSPS) is 11.1. The molecule has 0 aromatic heterocycles. The maximum absolute atomic E-state index is 10.1. The SMILES string of the molecule is CCC(C)(CC)NC([O])=O. The highest BCUT2D eigenvalue weighted by Crippen LogP contribution is 2.12. The largest absolute Gasteiger partial charge is 0.451 e. The minimum Gasteiger partial charge on any atom is -0.313 e. The van der Waals surface area contributed by atoms with Gasteiger partial charge < -0.3 is 5.32 Å². The Morgan fingerprint density at radius 1 is 1.40 bits per heavy atom. The standard InChI is InChI=1S/C7H14NO2/c1-4-7(3,5-2)8-6(9)10/h8H,4-5H2,1-3H3. The van der Waals surface area contributed by atoms with Gasteiger partial charge in [-0.15, -0.1) is 0 Å². The summed E-state index contributed by atoms with van der Waals surface area (Å²) < 4.78 is 0. The van der Waals surface area contributed by atoms with E-state index in [1.807, 2.05) is 20.8 Å². The molecule has 0 aliphatic rings. The highest BCUT2D eigenvalue weighted by atomic mass is 16.4. The van der Waals surface area contributed by atoms with Gasteiger partial charge in [0.2, 0.25) is 0 Å². The Morgan fingerprint density at radius 2 is 1.80 bits per heavy atom. The predicted molar refractivity (Wildman–Crippen MR) is 38.2 cm³/mol. The van der Waals surface area contributed by atoms with Crippen LogP contribution in [-0.4, -0.2) is 11.6 Å². The van der Waals surface area contributed by atoms with Crippen LogP contribution in [0.3, 0.4) is 0 Å². The van der Waals surface area contributed by atoms with Gasteiger partial charge in [0.05, 0.1) is 0 Å². The topological polar surface area (TPSA) is 49.0 Å². The first-order valence-electron chi connectivity index (χ1n) is 3.53. The molecule has 0 unspecified atom stereocenters. The fraction of sp³-hybridized carbons (Fsp3) is 0.857. The van der Waals surface area contributed by atoms with Crippen LogP contribution in [0.1, 0.15) is 33.6 Å². The van der Waals surface area contributed by atoms with E-state index in [0.717, 1.165) is 12.8 Å². The molecule has 59 valence electrons. The lowest BCUT2D eigenvalue weighted by molar-refractivity contribution is 0.152. The number of hydrogen-bond acceptors (Lipinski definition) is 1. The number of hydrogen-bond donors (Lipinski definition) is 1. The molecule has 0 heterocycles. The highest BCUT2D eigenvalue weighted by molar-refractivity contribution is 5.65. The van der Waals surface area contributed by atoms with Gasteiger partial charge in [-0.25, -0.2) is 9.90 Å². The van der Waals surface area contributed by atoms with Crippen LogP contribution in [0.5, 0.6) is 0 Å². The van der Waals surface area contributed by atoms with Crippen molar-refractivity contribution in [3.8, 4) is 0 Å². The van der Waals surface area contributed by atoms with E-state index in [1.54, 1.807) is 0 Å². The minimum absolute atomic E-state index is 0.307. The van der Waals surface area contributed by atoms with Gasteiger partial charge in [0, 0.05) is 5.54 Å². The number of carbonyl (C=O) groups excluding carboxylic acids is 1. The lowest BCUT2D eigenvalue weighted by Crippen LogP contribution is -2.43. The lowest BCUT2D eigenvalue weighted by atomic mass is 9.96. The van der Waals surface area contributed by atoms with Crippen LogP contribution in [0, 0.1) is 0 Å². The van der Waals surface area contributed by atoms with Crippen LogP contribution in [0.15, 0.2) is 0 Å². The molecule has 0 bridgehead atoms. The molecular formula is C7H14NO2. The lowest BCUT2D eigenvalue weighted by Gasteiger charge is -2.25. The molecule has 3 nitrogen and oxygen atoms in total. The van der Waals surface area contributed by atoms with Gasteiger partial charge in [0.25, 0.3) is 0 Å². The fourth-order valence-electron chi connectivity index (χ4n) is 0.673. The number of carbonyl (C=O) groups is 1. The third-order valence-electron chi connectivity index (χ3n) is 1.96. The second-order valence-corrected chi connectivity index (χ2v) is 2.68. The average Bonchev–Trinajstić information content (AvgIpc) is 1.87. The highest BCUT2D eigenvalue weighted by Gasteiger charge is 2.21. The molecule has 10 heavy (non-hydrogen) atoms. The summed E-state index contributed by atoms with van der Waals surface area (Å²) in [5.74, 6) is 0. The third kappa shape index (κ3) is 2.71. The van der Waals surface area contributed by atoms with E-state index in [4.69, 9.17) is 0 Å². The summed E-state index contributed by atoms with van der Waals surface area (Å²) >= 11 is 0. The molecule has 1 N–H and O–H groups in total. The molecule has 0 saturated carbocycles. The van der Waals surface area contributed by atoms with Crippen molar-refractivity contribution in [3.63, 3.8) is 0 Å². The summed E-state index contributed by atoms with van der Waals surface area (Å²) in [5.41, 5.74) is -0.307. The molecule has 0 spiro atoms. The summed E-state index contributed by atoms with van der Waals surface area (Å²) in [6.07, 6.45) is 0.390. The van der Waals surface area contributed by atoms with E-state index in [1.165, 1.54) is 0 Å². The zero-order valence-electron chi connectivity index (χ0n) is 6.73. The molecule has 0 rings (SSSR count). The molecule has 3 heteroatoms. The molecule has 0 aliphatic carbocycles. The first kappa shape index (κ1) is 9.27. The Labute approximate surface area is 61.4 Å². The van der Waals surface area contributed by atoms with Crippen LogP contribution < -0.4 is 5.32 Å². The van der Waals surface area contributed by atoms with Crippen molar-refractivity contribution in [2.24, 2.45) is 0 Å². The van der Waals surface area contributed by atoms with E-state index < -0.39 is 6.09 Å². The molecular weight excluding hydrogens is 130 g/mol. The number of nitrogens with one attached hydrogen (secondary N) is 1. The monoisotopic (exact) mass is 144 g/mol. The smallest absolute Gasteiger partial charge is 0.313 e. The minimum atomic E-state index is -1.19. The Hall–Kier alpha value is -0.730. The Morgan fingerprint density at radius 3 is 1.90 bits per heavy atom. The zero-order valence-corrected chi connectivity index (χ0v) is 6.73. The molecule has 0 saturated heterocycles. The van der Waals surface area contributed by atoms with Gasteiger partial charge in [-0.05, 0) is 19.8 Å². The average molecular weight is 144 g/mol. The van der Waals surface area contributed by atoms with Gasteiger partial charge in [0.1, 0.15) is 0 Å². The van der Waals surface area contributed by atoms with Gasteiger partial charge in [-0.3, -0.25) is 0 Å². The second-order valence-electron chi connectivity index (χ2n) is 2.68. The van der Waals surface area contributed by atoms with Crippen LogP contribution in [0.2, 0.25) is 0 Å². The molecule has 1 radical (unpaired) electrons. The molecule has 1 amide bonds. The maximum atomic E-state index is 10.1. The van der Waals surface area contributed by atoms with Crippen LogP contribution in [0.4, 0.5) is 4.79 Å². The van der Waals surface area contributed by atoms with Crippen molar-refractivity contribution in [1.82, 2.24) is 5.32 Å². The van der Waals surface area contributed by atoms with E-state index in [2.05, 4.69) is 5.32 Å². The van der Waals surface area contributed by atoms with Crippen LogP contribution >= 0.6 is 0 Å². The molecule has 0 aromatic rings. The quantitative estimate of drug-likeness (QED) is 0.644. The summed E-state index contributed by atoms with van der Waals surface area (Å²) in [6, 6.07) is 0. The zero-order chi connectivity index (χ0) is 8.20. The van der Waals surface area contributed by atoms with E-state index in [0.29, 0.717) is 0 Å². The van der Waals surface area contributed by atoms with Gasteiger partial charge in [-0.1, -0.05) is 13.8 Å².